The molecule has 0 fully saturated rings. The topological polar surface area (TPSA) is 68.7 Å². The maximum absolute atomic E-state index is 10.9. The van der Waals surface area contributed by atoms with Crippen LogP contribution in [0.4, 0.5) is 0 Å². The van der Waals surface area contributed by atoms with Crippen molar-refractivity contribution in [3.8, 4) is 22.1 Å². The number of carboxylic acid groups (broad SMARTS) is 1. The Kier molecular flexibility index (Phi) is 5.53. The highest BCUT2D eigenvalue weighted by Crippen LogP contribution is 2.25. The molecule has 0 bridgehead atoms. The first-order valence-electron chi connectivity index (χ1n) is 7.42. The SMILES string of the molecule is O=C(O)c1csc(-c2ccc(OCCOc3ccc(Cl)cc3)cc2)n1. The highest BCUT2D eigenvalue weighted by atomic mass is 35.5. The van der Waals surface area contributed by atoms with Crippen molar-refractivity contribution in [2.75, 3.05) is 13.2 Å². The number of halogens is 1. The van der Waals surface area contributed by atoms with Crippen molar-refractivity contribution in [2.45, 2.75) is 0 Å². The van der Waals surface area contributed by atoms with Gasteiger partial charge in [-0.15, -0.1) is 11.3 Å². The summed E-state index contributed by atoms with van der Waals surface area (Å²) in [6.45, 7) is 0.820. The number of aromatic carboxylic acids is 1. The number of hydrogen-bond donors (Lipinski definition) is 1. The zero-order valence-electron chi connectivity index (χ0n) is 13.0. The number of nitrogens with zero attached hydrogens (tertiary/aromatic N) is 1. The summed E-state index contributed by atoms with van der Waals surface area (Å²) in [5, 5.41) is 11.8. The van der Waals surface area contributed by atoms with Crippen LogP contribution in [0.15, 0.2) is 53.9 Å². The largest absolute Gasteiger partial charge is 0.490 e. The Labute approximate surface area is 153 Å². The van der Waals surface area contributed by atoms with Crippen LogP contribution in [0, 0.1) is 0 Å². The van der Waals surface area contributed by atoms with Crippen molar-refractivity contribution in [2.24, 2.45) is 0 Å². The summed E-state index contributed by atoms with van der Waals surface area (Å²) in [5.41, 5.74) is 0.905. The molecule has 5 nitrogen and oxygen atoms in total. The van der Waals surface area contributed by atoms with Gasteiger partial charge in [0.15, 0.2) is 5.69 Å². The van der Waals surface area contributed by atoms with Crippen molar-refractivity contribution in [1.29, 1.82) is 0 Å². The number of benzene rings is 2. The molecule has 0 radical (unpaired) electrons. The van der Waals surface area contributed by atoms with E-state index in [1.807, 2.05) is 24.3 Å². The summed E-state index contributed by atoms with van der Waals surface area (Å²) in [5.74, 6) is 0.419. The molecule has 3 aromatic rings. The van der Waals surface area contributed by atoms with Crippen molar-refractivity contribution < 1.29 is 19.4 Å². The lowest BCUT2D eigenvalue weighted by molar-refractivity contribution is 0.0691. The molecule has 0 atom stereocenters. The van der Waals surface area contributed by atoms with E-state index in [-0.39, 0.29) is 5.69 Å². The van der Waals surface area contributed by atoms with Crippen molar-refractivity contribution in [3.05, 3.63) is 64.6 Å². The molecule has 128 valence electrons. The van der Waals surface area contributed by atoms with Crippen molar-refractivity contribution >= 4 is 28.9 Å². The molecule has 0 saturated heterocycles. The average Bonchev–Trinajstić information content (AvgIpc) is 3.11. The minimum Gasteiger partial charge on any atom is -0.490 e. The van der Waals surface area contributed by atoms with E-state index in [9.17, 15) is 4.79 Å². The molecule has 3 rings (SSSR count). The first kappa shape index (κ1) is 17.3. The van der Waals surface area contributed by atoms with Crippen LogP contribution in [0.5, 0.6) is 11.5 Å². The van der Waals surface area contributed by atoms with Crippen molar-refractivity contribution in [3.63, 3.8) is 0 Å². The van der Waals surface area contributed by atoms with Crippen LogP contribution in [-0.4, -0.2) is 29.3 Å². The molecule has 0 aliphatic carbocycles. The Balaban J connectivity index is 1.50. The van der Waals surface area contributed by atoms with Crippen LogP contribution >= 0.6 is 22.9 Å². The first-order valence-corrected chi connectivity index (χ1v) is 8.68. The minimum atomic E-state index is -1.02. The summed E-state index contributed by atoms with van der Waals surface area (Å²) in [6, 6.07) is 14.5. The smallest absolute Gasteiger partial charge is 0.355 e. The molecule has 0 unspecified atom stereocenters. The van der Waals surface area contributed by atoms with Crippen LogP contribution in [-0.2, 0) is 0 Å². The fraction of sp³-hybridized carbons (Fsp3) is 0.111. The Morgan fingerprint density at radius 1 is 1.00 bits per heavy atom. The molecule has 0 aliphatic rings. The highest BCUT2D eigenvalue weighted by Gasteiger charge is 2.10. The molecular formula is C18H14ClNO4S. The third-order valence-corrected chi connectivity index (χ3v) is 4.40. The molecule has 0 aliphatic heterocycles. The van der Waals surface area contributed by atoms with Gasteiger partial charge in [-0.1, -0.05) is 11.6 Å². The average molecular weight is 376 g/mol. The van der Waals surface area contributed by atoms with Gasteiger partial charge in [0.1, 0.15) is 29.7 Å². The fourth-order valence-electron chi connectivity index (χ4n) is 2.05. The number of hydrogen-bond acceptors (Lipinski definition) is 5. The third-order valence-electron chi connectivity index (χ3n) is 3.26. The molecule has 0 amide bonds. The van der Waals surface area contributed by atoms with E-state index < -0.39 is 5.97 Å². The van der Waals surface area contributed by atoms with Gasteiger partial charge in [0.2, 0.25) is 0 Å². The highest BCUT2D eigenvalue weighted by molar-refractivity contribution is 7.13. The van der Waals surface area contributed by atoms with Gasteiger partial charge in [-0.2, -0.15) is 0 Å². The van der Waals surface area contributed by atoms with E-state index in [0.717, 1.165) is 11.3 Å². The Bertz CT molecular complexity index is 846. The van der Waals surface area contributed by atoms with Gasteiger partial charge in [0, 0.05) is 16.0 Å². The predicted octanol–water partition coefficient (Wildman–Crippen LogP) is 4.62. The van der Waals surface area contributed by atoms with Crippen LogP contribution in [0.25, 0.3) is 10.6 Å². The molecular weight excluding hydrogens is 362 g/mol. The van der Waals surface area contributed by atoms with Crippen LogP contribution in [0.2, 0.25) is 5.02 Å². The van der Waals surface area contributed by atoms with E-state index in [1.54, 1.807) is 24.3 Å². The van der Waals surface area contributed by atoms with Crippen LogP contribution < -0.4 is 9.47 Å². The zero-order valence-corrected chi connectivity index (χ0v) is 14.6. The lowest BCUT2D eigenvalue weighted by atomic mass is 10.2. The Morgan fingerprint density at radius 3 is 2.08 bits per heavy atom. The maximum Gasteiger partial charge on any atom is 0.355 e. The molecule has 1 N–H and O–H groups in total. The van der Waals surface area contributed by atoms with Crippen LogP contribution in [0.1, 0.15) is 10.5 Å². The number of thiazole rings is 1. The Morgan fingerprint density at radius 2 is 1.56 bits per heavy atom. The summed E-state index contributed by atoms with van der Waals surface area (Å²) < 4.78 is 11.2. The fourth-order valence-corrected chi connectivity index (χ4v) is 2.97. The number of rotatable bonds is 7. The normalized spacial score (nSPS) is 10.4. The second-order valence-electron chi connectivity index (χ2n) is 5.02. The number of carbonyl (C=O) groups is 1. The summed E-state index contributed by atoms with van der Waals surface area (Å²) >= 11 is 7.11. The van der Waals surface area contributed by atoms with Crippen LogP contribution in [0.3, 0.4) is 0 Å². The van der Waals surface area contributed by atoms with Gasteiger partial charge >= 0.3 is 5.97 Å². The van der Waals surface area contributed by atoms with E-state index in [1.165, 1.54) is 16.7 Å². The lowest BCUT2D eigenvalue weighted by Crippen LogP contribution is -2.08. The molecule has 0 saturated carbocycles. The monoisotopic (exact) mass is 375 g/mol. The molecule has 25 heavy (non-hydrogen) atoms. The van der Waals surface area contributed by atoms with Crippen molar-refractivity contribution in [1.82, 2.24) is 4.98 Å². The van der Waals surface area contributed by atoms with Gasteiger partial charge in [-0.25, -0.2) is 9.78 Å². The van der Waals surface area contributed by atoms with Gasteiger partial charge < -0.3 is 14.6 Å². The molecule has 2 aromatic carbocycles. The van der Waals surface area contributed by atoms with E-state index in [4.69, 9.17) is 26.2 Å². The van der Waals surface area contributed by atoms with Gasteiger partial charge in [-0.05, 0) is 48.5 Å². The first-order chi connectivity index (χ1) is 12.1. The molecule has 1 aromatic heterocycles. The second-order valence-corrected chi connectivity index (χ2v) is 6.31. The Hall–Kier alpha value is -2.57. The number of ether oxygens (including phenoxy) is 2. The quantitative estimate of drug-likeness (QED) is 0.610. The van der Waals surface area contributed by atoms with E-state index in [2.05, 4.69) is 4.98 Å². The van der Waals surface area contributed by atoms with Gasteiger partial charge in [0.05, 0.1) is 0 Å². The van der Waals surface area contributed by atoms with Gasteiger partial charge in [-0.3, -0.25) is 0 Å². The summed E-state index contributed by atoms with van der Waals surface area (Å²) in [6.07, 6.45) is 0. The predicted molar refractivity (Wildman–Crippen MR) is 97.0 cm³/mol. The van der Waals surface area contributed by atoms with E-state index in [0.29, 0.717) is 29.0 Å². The number of carboxylic acids is 1. The molecule has 0 spiro atoms. The zero-order chi connectivity index (χ0) is 17.6. The molecule has 1 heterocycles. The maximum atomic E-state index is 10.9. The summed E-state index contributed by atoms with van der Waals surface area (Å²) in [4.78, 5) is 14.9. The van der Waals surface area contributed by atoms with Gasteiger partial charge in [0.25, 0.3) is 0 Å². The molecule has 7 heteroatoms. The summed E-state index contributed by atoms with van der Waals surface area (Å²) in [7, 11) is 0. The number of aromatic nitrogens is 1. The van der Waals surface area contributed by atoms with E-state index >= 15 is 0 Å². The second kappa shape index (κ2) is 8.00. The lowest BCUT2D eigenvalue weighted by Gasteiger charge is -2.08. The minimum absolute atomic E-state index is 0.0553. The third kappa shape index (κ3) is 4.71. The standard InChI is InChI=1S/C18H14ClNO4S/c19-13-3-7-15(8-4-13)24-10-9-23-14-5-1-12(2-6-14)17-20-16(11-25-17)18(21)22/h1-8,11H,9-10H2,(H,21,22).